The number of likely N-dealkylation sites (tertiary alicyclic amines) is 1. The van der Waals surface area contributed by atoms with E-state index in [4.69, 9.17) is 9.15 Å². The van der Waals surface area contributed by atoms with Crippen molar-refractivity contribution < 1.29 is 18.7 Å². The molecule has 1 fully saturated rings. The summed E-state index contributed by atoms with van der Waals surface area (Å²) in [6, 6.07) is 0. The maximum atomic E-state index is 12.7. The van der Waals surface area contributed by atoms with E-state index in [-0.39, 0.29) is 29.8 Å². The number of anilines is 1. The first kappa shape index (κ1) is 33.1. The fourth-order valence-electron chi connectivity index (χ4n) is 3.36. The topological polar surface area (TPSA) is 97.6 Å². The van der Waals surface area contributed by atoms with Crippen LogP contribution in [0.1, 0.15) is 93.7 Å². The molecule has 0 radical (unpaired) electrons. The minimum absolute atomic E-state index is 0.0136. The van der Waals surface area contributed by atoms with E-state index in [0.717, 1.165) is 9.97 Å². The first-order chi connectivity index (χ1) is 17.4. The highest BCUT2D eigenvalue weighted by molar-refractivity contribution is 8.00. The lowest BCUT2D eigenvalue weighted by Crippen LogP contribution is -2.42. The van der Waals surface area contributed by atoms with Crippen molar-refractivity contribution >= 4 is 40.1 Å². The van der Waals surface area contributed by atoms with E-state index in [2.05, 4.69) is 36.1 Å². The second-order valence-corrected chi connectivity index (χ2v) is 12.6. The van der Waals surface area contributed by atoms with E-state index in [1.807, 2.05) is 53.4 Å². The molecule has 8 nitrogen and oxygen atoms in total. The first-order valence-corrected chi connectivity index (χ1v) is 15.0. The smallest absolute Gasteiger partial charge is 0.320 e. The zero-order valence-electron chi connectivity index (χ0n) is 24.3. The molecule has 0 spiro atoms. The summed E-state index contributed by atoms with van der Waals surface area (Å²) in [5.41, 5.74) is -0.548. The van der Waals surface area contributed by atoms with Gasteiger partial charge >= 0.3 is 5.97 Å². The van der Waals surface area contributed by atoms with Gasteiger partial charge in [0, 0.05) is 11.3 Å². The van der Waals surface area contributed by atoms with Gasteiger partial charge in [0.25, 0.3) is 0 Å². The second kappa shape index (κ2) is 15.5. The number of ether oxygens (including phenoxy) is 1. The molecule has 0 atom stereocenters. The molecular formula is C27H46N4O4S2. The van der Waals surface area contributed by atoms with Crippen molar-refractivity contribution in [3.8, 4) is 0 Å². The monoisotopic (exact) mass is 554 g/mol. The quantitative estimate of drug-likeness (QED) is 0.296. The Morgan fingerprint density at radius 2 is 1.70 bits per heavy atom. The average molecular weight is 555 g/mol. The van der Waals surface area contributed by atoms with Crippen molar-refractivity contribution in [1.29, 1.82) is 0 Å². The van der Waals surface area contributed by atoms with Crippen LogP contribution in [0, 0.1) is 5.92 Å². The molecule has 2 aromatic rings. The highest BCUT2D eigenvalue weighted by Gasteiger charge is 2.28. The van der Waals surface area contributed by atoms with Gasteiger partial charge in [0.2, 0.25) is 11.8 Å². The Kier molecular flexibility index (Phi) is 13.9. The maximum Gasteiger partial charge on any atom is 0.320 e. The lowest BCUT2D eigenvalue weighted by atomic mass is 9.94. The van der Waals surface area contributed by atoms with Gasteiger partial charge in [-0.25, -0.2) is 9.97 Å². The molecule has 1 aliphatic rings. The van der Waals surface area contributed by atoms with Gasteiger partial charge in [-0.05, 0) is 46.7 Å². The summed E-state index contributed by atoms with van der Waals surface area (Å²) in [6.45, 7) is 21.5. The number of thiazole rings is 1. The molecule has 2 aromatic heterocycles. The van der Waals surface area contributed by atoms with Gasteiger partial charge in [0.05, 0.1) is 28.9 Å². The molecule has 37 heavy (non-hydrogen) atoms. The van der Waals surface area contributed by atoms with E-state index in [9.17, 15) is 9.59 Å². The largest absolute Gasteiger partial charge is 0.459 e. The molecule has 0 unspecified atom stereocenters. The van der Waals surface area contributed by atoms with E-state index in [0.29, 0.717) is 42.7 Å². The highest BCUT2D eigenvalue weighted by atomic mass is 32.2. The molecule has 210 valence electrons. The van der Waals surface area contributed by atoms with Gasteiger partial charge in [-0.15, -0.1) is 11.8 Å². The van der Waals surface area contributed by atoms with Gasteiger partial charge < -0.3 is 14.5 Å². The van der Waals surface area contributed by atoms with Crippen LogP contribution in [-0.4, -0.2) is 52.0 Å². The molecule has 1 aliphatic heterocycles. The minimum Gasteiger partial charge on any atom is -0.459 e. The van der Waals surface area contributed by atoms with E-state index < -0.39 is 5.60 Å². The molecule has 1 amide bonds. The van der Waals surface area contributed by atoms with Crippen molar-refractivity contribution in [3.63, 3.8) is 0 Å². The number of rotatable bonds is 7. The van der Waals surface area contributed by atoms with E-state index in [1.165, 1.54) is 11.3 Å². The lowest BCUT2D eigenvalue weighted by Gasteiger charge is -2.31. The molecule has 0 aliphatic carbocycles. The number of carbonyl (C=O) groups is 2. The Morgan fingerprint density at radius 1 is 1.08 bits per heavy atom. The van der Waals surface area contributed by atoms with Crippen molar-refractivity contribution in [3.05, 3.63) is 24.0 Å². The second-order valence-electron chi connectivity index (χ2n) is 10.3. The number of hydrogen-bond acceptors (Lipinski definition) is 9. The first-order valence-electron chi connectivity index (χ1n) is 13.2. The van der Waals surface area contributed by atoms with Crippen LogP contribution in [0.3, 0.4) is 0 Å². The highest BCUT2D eigenvalue weighted by Crippen LogP contribution is 2.32. The van der Waals surface area contributed by atoms with E-state index >= 15 is 0 Å². The number of esters is 1. The van der Waals surface area contributed by atoms with E-state index in [1.54, 1.807) is 24.2 Å². The van der Waals surface area contributed by atoms with Crippen LogP contribution in [0.15, 0.2) is 21.0 Å². The van der Waals surface area contributed by atoms with Gasteiger partial charge in [0.1, 0.15) is 11.4 Å². The number of piperidine rings is 1. The molecule has 10 heteroatoms. The number of nitrogens with zero attached hydrogens (tertiary/aromatic N) is 3. The summed E-state index contributed by atoms with van der Waals surface area (Å²) in [4.78, 5) is 35.4. The number of thioether (sulfide) groups is 1. The van der Waals surface area contributed by atoms with Gasteiger partial charge in [-0.3, -0.25) is 14.5 Å². The summed E-state index contributed by atoms with van der Waals surface area (Å²) in [5, 5.41) is 3.55. The number of carbonyl (C=O) groups excluding carboxylic acids is 2. The number of nitrogens with one attached hydrogen (secondary N) is 1. The predicted octanol–water partition coefficient (Wildman–Crippen LogP) is 6.77. The summed E-state index contributed by atoms with van der Waals surface area (Å²) in [6.07, 6.45) is 4.97. The summed E-state index contributed by atoms with van der Waals surface area (Å²) in [7, 11) is 0. The Morgan fingerprint density at radius 3 is 2.24 bits per heavy atom. The number of amides is 1. The molecule has 3 heterocycles. The zero-order chi connectivity index (χ0) is 28.2. The molecule has 1 N–H and O–H groups in total. The van der Waals surface area contributed by atoms with Crippen LogP contribution in [0.4, 0.5) is 5.13 Å². The van der Waals surface area contributed by atoms with Crippen molar-refractivity contribution in [2.24, 2.45) is 5.92 Å². The zero-order valence-corrected chi connectivity index (χ0v) is 25.9. The Labute approximate surface area is 231 Å². The average Bonchev–Trinajstić information content (AvgIpc) is 3.49. The van der Waals surface area contributed by atoms with Crippen LogP contribution in [-0.2, 0) is 25.5 Å². The van der Waals surface area contributed by atoms with Crippen LogP contribution >= 0.6 is 23.1 Å². The summed E-state index contributed by atoms with van der Waals surface area (Å²) >= 11 is 3.04. The minimum atomic E-state index is -0.482. The van der Waals surface area contributed by atoms with Crippen molar-refractivity contribution in [2.45, 2.75) is 103 Å². The third kappa shape index (κ3) is 12.0. The molecular weight excluding hydrogens is 508 g/mol. The maximum absolute atomic E-state index is 12.7. The third-order valence-corrected chi connectivity index (χ3v) is 7.17. The summed E-state index contributed by atoms with van der Waals surface area (Å²) < 4.78 is 12.2. The molecule has 1 saturated heterocycles. The molecule has 3 rings (SSSR count). The fraction of sp³-hybridized carbons (Fsp3) is 0.704. The lowest BCUT2D eigenvalue weighted by molar-refractivity contribution is -0.156. The normalized spacial score (nSPS) is 14.6. The fourth-order valence-corrected chi connectivity index (χ4v) is 5.09. The number of aromatic nitrogens is 2. The number of hydrogen-bond donors (Lipinski definition) is 1. The van der Waals surface area contributed by atoms with Crippen LogP contribution < -0.4 is 5.32 Å². The Hall–Kier alpha value is -1.91. The Balaban J connectivity index is 0.00000163. The van der Waals surface area contributed by atoms with Gasteiger partial charge in [0.15, 0.2) is 5.13 Å². The Bertz CT molecular complexity index is 952. The predicted molar refractivity (Wildman–Crippen MR) is 153 cm³/mol. The van der Waals surface area contributed by atoms with Gasteiger partial charge in [-0.2, -0.15) is 0 Å². The number of oxazole rings is 1. The third-order valence-electron chi connectivity index (χ3n) is 5.08. The molecule has 0 aromatic carbocycles. The molecule has 0 saturated carbocycles. The van der Waals surface area contributed by atoms with Crippen LogP contribution in [0.5, 0.6) is 0 Å². The molecule has 0 bridgehead atoms. The van der Waals surface area contributed by atoms with Crippen LogP contribution in [0.2, 0.25) is 0 Å². The SMILES string of the molecule is CC.CC.CC(C)(C)OC(=O)CN1CCC(C(=O)Nc2ncc(SCc3ncc(C(C)(C)C)o3)s2)CC1. The summed E-state index contributed by atoms with van der Waals surface area (Å²) in [5.74, 6) is 1.84. The van der Waals surface area contributed by atoms with Gasteiger partial charge in [-0.1, -0.05) is 59.8 Å². The van der Waals surface area contributed by atoms with Crippen molar-refractivity contribution in [1.82, 2.24) is 14.9 Å². The van der Waals surface area contributed by atoms with Crippen molar-refractivity contribution in [2.75, 3.05) is 25.0 Å². The standard InChI is InChI=1S/C23H34N4O4S2.2C2H6/c1-22(2,3)16-11-24-17(30-16)14-32-19-12-25-21(33-19)26-20(29)15-7-9-27(10-8-15)13-18(28)31-23(4,5)6;2*1-2/h11-12,15H,7-10,13-14H2,1-6H3,(H,25,26,29);2*1-2H3. The van der Waals surface area contributed by atoms with Crippen LogP contribution in [0.25, 0.3) is 0 Å².